The van der Waals surface area contributed by atoms with Crippen LogP contribution in [0.2, 0.25) is 0 Å². The lowest BCUT2D eigenvalue weighted by Crippen LogP contribution is -2.03. The van der Waals surface area contributed by atoms with Crippen LogP contribution < -0.4 is 4.89 Å². The van der Waals surface area contributed by atoms with Gasteiger partial charge in [0.15, 0.2) is 0 Å². The summed E-state index contributed by atoms with van der Waals surface area (Å²) < 4.78 is 4.62. The second-order valence-electron chi connectivity index (χ2n) is 4.66. The maximum Gasteiger partial charge on any atom is 0.112 e. The van der Waals surface area contributed by atoms with Crippen LogP contribution in [-0.2, 0) is 16.3 Å². The summed E-state index contributed by atoms with van der Waals surface area (Å²) in [5, 5.41) is 0. The van der Waals surface area contributed by atoms with Crippen molar-refractivity contribution in [1.82, 2.24) is 0 Å². The Morgan fingerprint density at radius 2 is 1.69 bits per heavy atom. The first-order chi connectivity index (χ1) is 7.58. The first-order valence-corrected chi connectivity index (χ1v) is 8.85. The highest BCUT2D eigenvalue weighted by Crippen LogP contribution is 2.34. The fraction of sp³-hybridized carbons (Fsp3) is 1.00. The Balaban J connectivity index is 1.72. The molecule has 5 heteroatoms. The second-order valence-corrected chi connectivity index (χ2v) is 7.23. The average molecular weight is 265 g/mol. The molecule has 1 fully saturated rings. The van der Waals surface area contributed by atoms with Crippen molar-refractivity contribution in [3.05, 3.63) is 0 Å². The van der Waals surface area contributed by atoms with Crippen LogP contribution in [0.1, 0.15) is 57.8 Å². The first-order valence-electron chi connectivity index (χ1n) is 6.26. The monoisotopic (exact) mass is 265 g/mol. The van der Waals surface area contributed by atoms with E-state index in [4.69, 9.17) is 4.89 Å². The molecule has 0 aliphatic heterocycles. The summed E-state index contributed by atoms with van der Waals surface area (Å²) in [6.07, 6.45) is 11.4. The topological polar surface area (TPSA) is 52.5 Å². The van der Waals surface area contributed by atoms with Crippen molar-refractivity contribution < 1.29 is 14.3 Å². The zero-order chi connectivity index (χ0) is 11.9. The van der Waals surface area contributed by atoms with Gasteiger partial charge < -0.3 is 14.3 Å². The van der Waals surface area contributed by atoms with E-state index in [2.05, 4.69) is 16.3 Å². The third-order valence-electron chi connectivity index (χ3n) is 2.96. The van der Waals surface area contributed by atoms with E-state index in [-0.39, 0.29) is 0 Å². The molecule has 0 aromatic heterocycles. The van der Waals surface area contributed by atoms with Gasteiger partial charge in [0.05, 0.1) is 6.61 Å². The molecule has 0 bridgehead atoms. The molecule has 0 aromatic rings. The summed E-state index contributed by atoms with van der Waals surface area (Å²) in [5.41, 5.74) is 0. The van der Waals surface area contributed by atoms with Gasteiger partial charge in [-0.3, -0.25) is 0 Å². The van der Waals surface area contributed by atoms with Crippen LogP contribution in [0.25, 0.3) is 0 Å². The minimum atomic E-state index is -3.65. The summed E-state index contributed by atoms with van der Waals surface area (Å²) in [6.45, 7) is -3.33. The molecule has 0 spiro atoms. The van der Waals surface area contributed by atoms with Gasteiger partial charge >= 0.3 is 0 Å². The predicted octanol–water partition coefficient (Wildman–Crippen LogP) is 2.72. The molecule has 0 heterocycles. The molecule has 1 rings (SSSR count). The normalized spacial score (nSPS) is 19.6. The van der Waals surface area contributed by atoms with Crippen LogP contribution in [0, 0.1) is 5.92 Å². The maximum absolute atomic E-state index is 10.6. The average Bonchev–Trinajstić information content (AvgIpc) is 2.97. The molecule has 1 atom stereocenters. The van der Waals surface area contributed by atoms with E-state index >= 15 is 0 Å². The van der Waals surface area contributed by atoms with Crippen LogP contribution in [-0.4, -0.2) is 11.5 Å². The highest BCUT2D eigenvalue weighted by atomic mass is 32.5. The third-order valence-corrected chi connectivity index (χ3v) is 3.78. The summed E-state index contributed by atoms with van der Waals surface area (Å²) in [4.78, 5) is 19.3. The Labute approximate surface area is 103 Å². The number of unbranched alkanes of at least 4 members (excludes halogenated alkanes) is 5. The molecule has 1 aliphatic rings. The fourth-order valence-corrected chi connectivity index (χ4v) is 2.41. The summed E-state index contributed by atoms with van der Waals surface area (Å²) >= 11 is 4.24. The van der Waals surface area contributed by atoms with Crippen molar-refractivity contribution >= 4 is 18.5 Å². The van der Waals surface area contributed by atoms with Crippen molar-refractivity contribution in [3.63, 3.8) is 0 Å². The van der Waals surface area contributed by atoms with E-state index in [0.717, 1.165) is 18.8 Å². The van der Waals surface area contributed by atoms with Crippen LogP contribution in [0.4, 0.5) is 0 Å². The second kappa shape index (κ2) is 7.78. The van der Waals surface area contributed by atoms with Crippen molar-refractivity contribution in [2.24, 2.45) is 5.92 Å². The fourth-order valence-electron chi connectivity index (χ4n) is 1.83. The smallest absolute Gasteiger partial charge is 0.112 e. The predicted molar refractivity (Wildman–Crippen MR) is 67.5 cm³/mol. The Morgan fingerprint density at radius 3 is 2.25 bits per heavy atom. The minimum absolute atomic E-state index is 0.319. The number of hydrogen-bond acceptors (Lipinski definition) is 3. The summed E-state index contributed by atoms with van der Waals surface area (Å²) in [6, 6.07) is 0. The van der Waals surface area contributed by atoms with Crippen LogP contribution in [0.5, 0.6) is 0 Å². The van der Waals surface area contributed by atoms with Crippen molar-refractivity contribution in [3.8, 4) is 0 Å². The molecule has 0 radical (unpaired) electrons. The molecule has 1 aliphatic carbocycles. The molecule has 16 heavy (non-hydrogen) atoms. The van der Waals surface area contributed by atoms with Gasteiger partial charge in [0.2, 0.25) is 0 Å². The molecule has 96 valence electrons. The van der Waals surface area contributed by atoms with E-state index in [9.17, 15) is 4.89 Å². The van der Waals surface area contributed by atoms with Crippen molar-refractivity contribution in [1.29, 1.82) is 0 Å². The lowest BCUT2D eigenvalue weighted by atomic mass is 10.1. The summed E-state index contributed by atoms with van der Waals surface area (Å²) in [7, 11) is 0. The molecule has 1 saturated carbocycles. The van der Waals surface area contributed by atoms with Crippen LogP contribution >= 0.6 is 6.72 Å². The zero-order valence-corrected chi connectivity index (χ0v) is 11.5. The first kappa shape index (κ1) is 14.6. The molecular weight excluding hydrogens is 243 g/mol. The van der Waals surface area contributed by atoms with Gasteiger partial charge in [-0.15, -0.1) is 0 Å². The van der Waals surface area contributed by atoms with Gasteiger partial charge in [-0.1, -0.05) is 63.2 Å². The SMILES string of the molecule is [O-]P(O)(=S)OCCCCCCCCC1CC1. The van der Waals surface area contributed by atoms with E-state index in [1.807, 2.05) is 0 Å². The quantitative estimate of drug-likeness (QED) is 0.487. The van der Waals surface area contributed by atoms with Crippen LogP contribution in [0.15, 0.2) is 0 Å². The molecule has 3 nitrogen and oxygen atoms in total. The maximum atomic E-state index is 10.6. The molecule has 0 saturated heterocycles. The highest BCUT2D eigenvalue weighted by molar-refractivity contribution is 8.06. The zero-order valence-electron chi connectivity index (χ0n) is 9.77. The summed E-state index contributed by atoms with van der Waals surface area (Å²) in [5.74, 6) is 1.05. The molecule has 1 unspecified atom stereocenters. The molecule has 0 amide bonds. The molecule has 1 N–H and O–H groups in total. The molecular formula is C11H22O3PS-. The largest absolute Gasteiger partial charge is 0.780 e. The van der Waals surface area contributed by atoms with Gasteiger partial charge in [-0.2, -0.15) is 0 Å². The van der Waals surface area contributed by atoms with E-state index in [1.54, 1.807) is 0 Å². The van der Waals surface area contributed by atoms with Gasteiger partial charge in [0, 0.05) is 0 Å². The van der Waals surface area contributed by atoms with Gasteiger partial charge in [-0.05, 0) is 12.3 Å². The third kappa shape index (κ3) is 9.73. The van der Waals surface area contributed by atoms with E-state index in [1.165, 1.54) is 44.9 Å². The van der Waals surface area contributed by atoms with Gasteiger partial charge in [0.25, 0.3) is 0 Å². The number of hydrogen-bond donors (Lipinski definition) is 1. The molecule has 0 aromatic carbocycles. The van der Waals surface area contributed by atoms with Gasteiger partial charge in [0.1, 0.15) is 6.72 Å². The van der Waals surface area contributed by atoms with Gasteiger partial charge in [-0.25, -0.2) is 0 Å². The minimum Gasteiger partial charge on any atom is -0.780 e. The highest BCUT2D eigenvalue weighted by Gasteiger charge is 2.19. The Morgan fingerprint density at radius 1 is 1.12 bits per heavy atom. The standard InChI is InChI=1S/C11H23O3PS/c12-15(13,16)14-10-6-4-2-1-3-5-7-11-8-9-11/h11H,1-10H2,(H2,12,13,16)/p-1. The Hall–Kier alpha value is 0.530. The Bertz CT molecular complexity index is 225. The lowest BCUT2D eigenvalue weighted by molar-refractivity contribution is -0.201. The lowest BCUT2D eigenvalue weighted by Gasteiger charge is -2.19. The van der Waals surface area contributed by atoms with Crippen molar-refractivity contribution in [2.75, 3.05) is 6.61 Å². The van der Waals surface area contributed by atoms with Crippen LogP contribution in [0.3, 0.4) is 0 Å². The van der Waals surface area contributed by atoms with E-state index in [0.29, 0.717) is 6.61 Å². The number of rotatable bonds is 10. The van der Waals surface area contributed by atoms with Crippen molar-refractivity contribution in [2.45, 2.75) is 57.8 Å². The van der Waals surface area contributed by atoms with E-state index < -0.39 is 6.72 Å². The Kier molecular flexibility index (Phi) is 7.09.